The third-order valence-corrected chi connectivity index (χ3v) is 6.24. The molecule has 150 valence electrons. The fourth-order valence-electron chi connectivity index (χ4n) is 4.20. The Bertz CT molecular complexity index is 1360. The number of benzene rings is 2. The molecule has 8 heteroatoms. The lowest BCUT2D eigenvalue weighted by molar-refractivity contribution is 0.493. The molecule has 0 saturated carbocycles. The zero-order valence-electron chi connectivity index (χ0n) is 15.9. The minimum Gasteiger partial charge on any atom is -0.371 e. The topological polar surface area (TPSA) is 77.2 Å². The van der Waals surface area contributed by atoms with E-state index in [0.717, 1.165) is 36.6 Å². The molecule has 6 nitrogen and oxygen atoms in total. The average molecular weight is 438 g/mol. The van der Waals surface area contributed by atoms with Crippen LogP contribution in [0.15, 0.2) is 47.3 Å². The maximum absolute atomic E-state index is 13.0. The van der Waals surface area contributed by atoms with Crippen LogP contribution in [0.5, 0.6) is 0 Å². The van der Waals surface area contributed by atoms with E-state index in [1.54, 1.807) is 18.2 Å². The number of nitrogens with one attached hydrogen (secondary N) is 1. The fourth-order valence-corrected chi connectivity index (χ4v) is 4.50. The second kappa shape index (κ2) is 7.35. The molecule has 0 unspecified atom stereocenters. The molecular formula is C22H17Cl2N5O. The molecule has 1 saturated heterocycles. The van der Waals surface area contributed by atoms with Crippen molar-refractivity contribution in [1.29, 1.82) is 5.26 Å². The Morgan fingerprint density at radius 2 is 1.77 bits per heavy atom. The Labute approximate surface area is 182 Å². The van der Waals surface area contributed by atoms with Crippen LogP contribution in [0, 0.1) is 11.3 Å². The summed E-state index contributed by atoms with van der Waals surface area (Å²) >= 11 is 12.0. The average Bonchev–Trinajstić information content (AvgIpc) is 3.14. The SMILES string of the molecule is N#Cc1c(C2CCN(c3ccc(Cl)cc3)CC2)nn2c(=O)c3cc(Cl)ccc3[nH]c12. The number of hydrogen-bond acceptors (Lipinski definition) is 4. The van der Waals surface area contributed by atoms with Crippen molar-refractivity contribution >= 4 is 45.4 Å². The van der Waals surface area contributed by atoms with Gasteiger partial charge in [0.2, 0.25) is 0 Å². The lowest BCUT2D eigenvalue weighted by atomic mass is 9.91. The first-order valence-corrected chi connectivity index (χ1v) is 10.5. The summed E-state index contributed by atoms with van der Waals surface area (Å²) in [5, 5.41) is 16.0. The lowest BCUT2D eigenvalue weighted by Crippen LogP contribution is -2.33. The molecule has 0 radical (unpaired) electrons. The summed E-state index contributed by atoms with van der Waals surface area (Å²) in [6, 6.07) is 15.2. The summed E-state index contributed by atoms with van der Waals surface area (Å²) in [7, 11) is 0. The summed E-state index contributed by atoms with van der Waals surface area (Å²) in [6.45, 7) is 1.69. The number of halogens is 2. The Hall–Kier alpha value is -3.01. The molecule has 0 amide bonds. The quantitative estimate of drug-likeness (QED) is 0.491. The first-order chi connectivity index (χ1) is 14.5. The Kier molecular flexibility index (Phi) is 4.65. The number of anilines is 1. The van der Waals surface area contributed by atoms with Crippen molar-refractivity contribution in [3.8, 4) is 6.07 Å². The highest BCUT2D eigenvalue weighted by molar-refractivity contribution is 6.31. The van der Waals surface area contributed by atoms with Crippen LogP contribution in [0.2, 0.25) is 10.0 Å². The third-order valence-electron chi connectivity index (χ3n) is 5.76. The van der Waals surface area contributed by atoms with Gasteiger partial charge in [-0.15, -0.1) is 0 Å². The van der Waals surface area contributed by atoms with Crippen LogP contribution in [0.25, 0.3) is 16.6 Å². The molecule has 5 rings (SSSR count). The van der Waals surface area contributed by atoms with Crippen LogP contribution < -0.4 is 10.5 Å². The van der Waals surface area contributed by atoms with Crippen molar-refractivity contribution in [2.45, 2.75) is 18.8 Å². The summed E-state index contributed by atoms with van der Waals surface area (Å²) in [6.07, 6.45) is 1.70. The second-order valence-electron chi connectivity index (χ2n) is 7.49. The van der Waals surface area contributed by atoms with Gasteiger partial charge >= 0.3 is 0 Å². The number of hydrogen-bond donors (Lipinski definition) is 1. The Morgan fingerprint density at radius 3 is 2.47 bits per heavy atom. The lowest BCUT2D eigenvalue weighted by Gasteiger charge is -2.33. The monoisotopic (exact) mass is 437 g/mol. The van der Waals surface area contributed by atoms with Gasteiger partial charge in [0.25, 0.3) is 5.56 Å². The van der Waals surface area contributed by atoms with E-state index in [4.69, 9.17) is 23.2 Å². The molecule has 1 aliphatic rings. The molecule has 1 fully saturated rings. The first-order valence-electron chi connectivity index (χ1n) is 9.70. The molecule has 1 N–H and O–H groups in total. The first kappa shape index (κ1) is 19.0. The van der Waals surface area contributed by atoms with Gasteiger partial charge in [0.05, 0.1) is 16.6 Å². The van der Waals surface area contributed by atoms with Crippen molar-refractivity contribution in [3.63, 3.8) is 0 Å². The highest BCUT2D eigenvalue weighted by Crippen LogP contribution is 2.33. The second-order valence-corrected chi connectivity index (χ2v) is 8.36. The zero-order valence-corrected chi connectivity index (χ0v) is 17.4. The molecular weight excluding hydrogens is 421 g/mol. The van der Waals surface area contributed by atoms with Crippen molar-refractivity contribution in [2.75, 3.05) is 18.0 Å². The van der Waals surface area contributed by atoms with Crippen LogP contribution in [0.3, 0.4) is 0 Å². The van der Waals surface area contributed by atoms with E-state index in [1.807, 2.05) is 24.3 Å². The molecule has 0 aliphatic carbocycles. The number of nitrogens with zero attached hydrogens (tertiary/aromatic N) is 4. The van der Waals surface area contributed by atoms with Crippen LogP contribution in [-0.4, -0.2) is 27.7 Å². The highest BCUT2D eigenvalue weighted by Gasteiger charge is 2.27. The van der Waals surface area contributed by atoms with Crippen LogP contribution in [0.4, 0.5) is 5.69 Å². The Balaban J connectivity index is 1.51. The summed E-state index contributed by atoms with van der Waals surface area (Å²) in [5.41, 5.74) is 3.05. The summed E-state index contributed by atoms with van der Waals surface area (Å²) in [4.78, 5) is 18.5. The number of fused-ring (bicyclic) bond motifs is 2. The van der Waals surface area contributed by atoms with Crippen LogP contribution in [-0.2, 0) is 0 Å². The maximum Gasteiger partial charge on any atom is 0.282 e. The molecule has 30 heavy (non-hydrogen) atoms. The van der Waals surface area contributed by atoms with E-state index in [9.17, 15) is 10.1 Å². The van der Waals surface area contributed by atoms with Gasteiger partial charge in [-0.1, -0.05) is 23.2 Å². The summed E-state index contributed by atoms with van der Waals surface area (Å²) in [5.74, 6) is 0.114. The molecule has 3 heterocycles. The van der Waals surface area contributed by atoms with Crippen molar-refractivity contribution in [3.05, 3.63) is 74.1 Å². The maximum atomic E-state index is 13.0. The normalized spacial score (nSPS) is 15.0. The molecule has 4 aromatic rings. The number of aromatic nitrogens is 3. The van der Waals surface area contributed by atoms with Crippen molar-refractivity contribution in [2.24, 2.45) is 0 Å². The van der Waals surface area contributed by atoms with Gasteiger partial charge in [-0.05, 0) is 55.3 Å². The molecule has 2 aromatic heterocycles. The number of rotatable bonds is 2. The molecule has 0 spiro atoms. The molecule has 2 aromatic carbocycles. The van der Waals surface area contributed by atoms with E-state index in [-0.39, 0.29) is 11.5 Å². The predicted molar refractivity (Wildman–Crippen MR) is 119 cm³/mol. The van der Waals surface area contributed by atoms with Crippen molar-refractivity contribution < 1.29 is 0 Å². The molecule has 0 bridgehead atoms. The standard InChI is InChI=1S/C22H17Cl2N5O/c23-14-1-4-16(5-2-14)28-9-7-13(8-10-28)20-18(12-25)21-26-19-6-3-15(24)11-17(19)22(30)29(21)27-20/h1-6,11,13,26H,7-10H2. The van der Waals surface area contributed by atoms with E-state index in [0.29, 0.717) is 32.8 Å². The number of nitriles is 1. The van der Waals surface area contributed by atoms with Gasteiger partial charge < -0.3 is 9.88 Å². The number of H-pyrrole nitrogens is 1. The number of piperidine rings is 1. The Morgan fingerprint density at radius 1 is 1.07 bits per heavy atom. The highest BCUT2D eigenvalue weighted by atomic mass is 35.5. The number of aromatic amines is 1. The van der Waals surface area contributed by atoms with E-state index < -0.39 is 0 Å². The minimum absolute atomic E-state index is 0.114. The van der Waals surface area contributed by atoms with E-state index in [1.165, 1.54) is 4.52 Å². The van der Waals surface area contributed by atoms with Gasteiger partial charge in [-0.3, -0.25) is 4.79 Å². The molecule has 0 atom stereocenters. The van der Waals surface area contributed by atoms with E-state index >= 15 is 0 Å². The smallest absolute Gasteiger partial charge is 0.282 e. The van der Waals surface area contributed by atoms with E-state index in [2.05, 4.69) is 21.1 Å². The third kappa shape index (κ3) is 3.11. The van der Waals surface area contributed by atoms with Crippen LogP contribution in [0.1, 0.15) is 30.0 Å². The molecule has 1 aliphatic heterocycles. The predicted octanol–water partition coefficient (Wildman–Crippen LogP) is 4.74. The van der Waals surface area contributed by atoms with Crippen LogP contribution >= 0.6 is 23.2 Å². The van der Waals surface area contributed by atoms with Gasteiger partial charge in [-0.25, -0.2) is 0 Å². The van der Waals surface area contributed by atoms with Gasteiger partial charge in [0.15, 0.2) is 5.65 Å². The summed E-state index contributed by atoms with van der Waals surface area (Å²) < 4.78 is 1.30. The minimum atomic E-state index is -0.275. The van der Waals surface area contributed by atoms with Gasteiger partial charge in [-0.2, -0.15) is 14.9 Å². The zero-order chi connectivity index (χ0) is 20.8. The fraction of sp³-hybridized carbons (Fsp3) is 0.227. The van der Waals surface area contributed by atoms with Gasteiger partial charge in [0, 0.05) is 34.7 Å². The van der Waals surface area contributed by atoms with Crippen molar-refractivity contribution in [1.82, 2.24) is 14.6 Å². The van der Waals surface area contributed by atoms with Gasteiger partial charge in [0.1, 0.15) is 11.6 Å². The largest absolute Gasteiger partial charge is 0.371 e.